The SMILES string of the molecule is CCNC(c1ccccn1)c1c(OC)cnn1CC. The molecule has 1 atom stereocenters. The number of hydrogen-bond acceptors (Lipinski definition) is 4. The highest BCUT2D eigenvalue weighted by atomic mass is 16.5. The van der Waals surface area contributed by atoms with Gasteiger partial charge in [0, 0.05) is 12.7 Å². The fraction of sp³-hybridized carbons (Fsp3) is 0.429. The summed E-state index contributed by atoms with van der Waals surface area (Å²) in [5.74, 6) is 0.790. The van der Waals surface area contributed by atoms with E-state index in [-0.39, 0.29) is 6.04 Å². The first-order chi connectivity index (χ1) is 9.31. The van der Waals surface area contributed by atoms with Crippen molar-refractivity contribution in [2.75, 3.05) is 13.7 Å². The van der Waals surface area contributed by atoms with Crippen molar-refractivity contribution in [3.8, 4) is 5.75 Å². The van der Waals surface area contributed by atoms with E-state index >= 15 is 0 Å². The summed E-state index contributed by atoms with van der Waals surface area (Å²) in [6.07, 6.45) is 3.56. The standard InChI is InChI=1S/C14H20N4O/c1-4-15-13(11-8-6-7-9-16-11)14-12(19-3)10-17-18(14)5-2/h6-10,13,15H,4-5H2,1-3H3. The highest BCUT2D eigenvalue weighted by Gasteiger charge is 2.23. The van der Waals surface area contributed by atoms with E-state index in [1.54, 1.807) is 19.5 Å². The van der Waals surface area contributed by atoms with Gasteiger partial charge in [0.2, 0.25) is 0 Å². The number of nitrogens with zero attached hydrogens (tertiary/aromatic N) is 3. The van der Waals surface area contributed by atoms with Crippen LogP contribution in [0.3, 0.4) is 0 Å². The second-order valence-electron chi connectivity index (χ2n) is 4.16. The van der Waals surface area contributed by atoms with Crippen LogP contribution < -0.4 is 10.1 Å². The maximum absolute atomic E-state index is 5.43. The van der Waals surface area contributed by atoms with Crippen LogP contribution >= 0.6 is 0 Å². The molecular weight excluding hydrogens is 240 g/mol. The highest BCUT2D eigenvalue weighted by molar-refractivity contribution is 5.33. The van der Waals surface area contributed by atoms with E-state index in [0.29, 0.717) is 0 Å². The Bertz CT molecular complexity index is 488. The van der Waals surface area contributed by atoms with E-state index < -0.39 is 0 Å². The van der Waals surface area contributed by atoms with Crippen LogP contribution in [0.5, 0.6) is 5.75 Å². The maximum Gasteiger partial charge on any atom is 0.161 e. The highest BCUT2D eigenvalue weighted by Crippen LogP contribution is 2.28. The van der Waals surface area contributed by atoms with Gasteiger partial charge in [-0.3, -0.25) is 9.67 Å². The molecule has 1 unspecified atom stereocenters. The second kappa shape index (κ2) is 6.33. The average molecular weight is 260 g/mol. The van der Waals surface area contributed by atoms with Gasteiger partial charge in [-0.15, -0.1) is 0 Å². The Balaban J connectivity index is 2.47. The van der Waals surface area contributed by atoms with Crippen molar-refractivity contribution in [2.45, 2.75) is 26.4 Å². The lowest BCUT2D eigenvalue weighted by atomic mass is 10.1. The van der Waals surface area contributed by atoms with Crippen LogP contribution in [0.1, 0.15) is 31.3 Å². The molecule has 0 spiro atoms. The molecule has 19 heavy (non-hydrogen) atoms. The molecule has 5 heteroatoms. The lowest BCUT2D eigenvalue weighted by Gasteiger charge is -2.19. The van der Waals surface area contributed by atoms with Crippen LogP contribution in [0.4, 0.5) is 0 Å². The Labute approximate surface area is 113 Å². The quantitative estimate of drug-likeness (QED) is 0.863. The van der Waals surface area contributed by atoms with E-state index in [1.165, 1.54) is 0 Å². The van der Waals surface area contributed by atoms with Gasteiger partial charge in [0.15, 0.2) is 5.75 Å². The summed E-state index contributed by atoms with van der Waals surface area (Å²) in [4.78, 5) is 4.45. The molecule has 2 heterocycles. The molecule has 0 bridgehead atoms. The smallest absolute Gasteiger partial charge is 0.161 e. The lowest BCUT2D eigenvalue weighted by molar-refractivity contribution is 0.398. The van der Waals surface area contributed by atoms with Crippen LogP contribution in [0.2, 0.25) is 0 Å². The largest absolute Gasteiger partial charge is 0.493 e. The van der Waals surface area contributed by atoms with Gasteiger partial charge in [-0.1, -0.05) is 13.0 Å². The number of rotatable bonds is 6. The summed E-state index contributed by atoms with van der Waals surface area (Å²) in [7, 11) is 1.67. The monoisotopic (exact) mass is 260 g/mol. The minimum Gasteiger partial charge on any atom is -0.493 e. The van der Waals surface area contributed by atoms with Crippen molar-refractivity contribution < 1.29 is 4.74 Å². The number of methoxy groups -OCH3 is 1. The van der Waals surface area contributed by atoms with Gasteiger partial charge in [0.1, 0.15) is 5.69 Å². The third-order valence-electron chi connectivity index (χ3n) is 3.03. The van der Waals surface area contributed by atoms with E-state index in [1.807, 2.05) is 22.9 Å². The van der Waals surface area contributed by atoms with Gasteiger partial charge in [-0.05, 0) is 25.6 Å². The molecule has 0 aromatic carbocycles. The van der Waals surface area contributed by atoms with Gasteiger partial charge >= 0.3 is 0 Å². The fourth-order valence-electron chi connectivity index (χ4n) is 2.17. The number of nitrogens with one attached hydrogen (secondary N) is 1. The van der Waals surface area contributed by atoms with Crippen molar-refractivity contribution >= 4 is 0 Å². The maximum atomic E-state index is 5.43. The molecule has 1 N–H and O–H groups in total. The lowest BCUT2D eigenvalue weighted by Crippen LogP contribution is -2.26. The van der Waals surface area contributed by atoms with Crippen LogP contribution in [0.25, 0.3) is 0 Å². The summed E-state index contributed by atoms with van der Waals surface area (Å²) in [6, 6.07) is 5.91. The zero-order chi connectivity index (χ0) is 13.7. The first-order valence-electron chi connectivity index (χ1n) is 6.55. The molecule has 0 saturated carbocycles. The van der Waals surface area contributed by atoms with Gasteiger partial charge in [-0.25, -0.2) is 0 Å². The van der Waals surface area contributed by atoms with Gasteiger partial charge in [-0.2, -0.15) is 5.10 Å². The molecule has 0 aliphatic carbocycles. The fourth-order valence-corrected chi connectivity index (χ4v) is 2.17. The summed E-state index contributed by atoms with van der Waals surface area (Å²) >= 11 is 0. The molecule has 2 rings (SSSR count). The summed E-state index contributed by atoms with van der Waals surface area (Å²) < 4.78 is 7.37. The second-order valence-corrected chi connectivity index (χ2v) is 4.16. The number of hydrogen-bond donors (Lipinski definition) is 1. The molecule has 0 aliphatic rings. The Hall–Kier alpha value is -1.88. The Kier molecular flexibility index (Phi) is 4.52. The third kappa shape index (κ3) is 2.76. The average Bonchev–Trinajstić information content (AvgIpc) is 2.88. The predicted molar refractivity (Wildman–Crippen MR) is 74.2 cm³/mol. The molecule has 0 radical (unpaired) electrons. The van der Waals surface area contributed by atoms with Crippen molar-refractivity contribution in [3.63, 3.8) is 0 Å². The first-order valence-corrected chi connectivity index (χ1v) is 6.55. The molecule has 5 nitrogen and oxygen atoms in total. The minimum absolute atomic E-state index is 0.0106. The Morgan fingerprint density at radius 3 is 2.79 bits per heavy atom. The number of pyridine rings is 1. The summed E-state index contributed by atoms with van der Waals surface area (Å²) in [5.41, 5.74) is 1.99. The van der Waals surface area contributed by atoms with E-state index in [4.69, 9.17) is 4.74 Å². The number of aryl methyl sites for hydroxylation is 1. The van der Waals surface area contributed by atoms with Gasteiger partial charge in [0.05, 0.1) is 25.0 Å². The molecule has 0 amide bonds. The third-order valence-corrected chi connectivity index (χ3v) is 3.03. The zero-order valence-electron chi connectivity index (χ0n) is 11.6. The first kappa shape index (κ1) is 13.5. The molecular formula is C14H20N4O. The van der Waals surface area contributed by atoms with Crippen LogP contribution in [0, 0.1) is 0 Å². The topological polar surface area (TPSA) is 52.0 Å². The van der Waals surface area contributed by atoms with Crippen LogP contribution in [-0.2, 0) is 6.54 Å². The predicted octanol–water partition coefficient (Wildman–Crippen LogP) is 2.01. The van der Waals surface area contributed by atoms with E-state index in [9.17, 15) is 0 Å². The van der Waals surface area contributed by atoms with Crippen molar-refractivity contribution in [1.29, 1.82) is 0 Å². The molecule has 0 aliphatic heterocycles. The van der Waals surface area contributed by atoms with E-state index in [2.05, 4.69) is 29.2 Å². The molecule has 2 aromatic heterocycles. The van der Waals surface area contributed by atoms with Crippen molar-refractivity contribution in [3.05, 3.63) is 42.0 Å². The number of ether oxygens (including phenoxy) is 1. The van der Waals surface area contributed by atoms with Crippen LogP contribution in [0.15, 0.2) is 30.6 Å². The summed E-state index contributed by atoms with van der Waals surface area (Å²) in [6.45, 7) is 5.79. The van der Waals surface area contributed by atoms with Crippen molar-refractivity contribution in [2.24, 2.45) is 0 Å². The van der Waals surface area contributed by atoms with Gasteiger partial charge in [0.25, 0.3) is 0 Å². The normalized spacial score (nSPS) is 12.4. The summed E-state index contributed by atoms with van der Waals surface area (Å²) in [5, 5.41) is 7.81. The van der Waals surface area contributed by atoms with E-state index in [0.717, 1.165) is 30.2 Å². The van der Waals surface area contributed by atoms with Crippen LogP contribution in [-0.4, -0.2) is 28.4 Å². The number of aromatic nitrogens is 3. The molecule has 2 aromatic rings. The Morgan fingerprint density at radius 1 is 1.37 bits per heavy atom. The molecule has 0 saturated heterocycles. The Morgan fingerprint density at radius 2 is 2.21 bits per heavy atom. The molecule has 102 valence electrons. The van der Waals surface area contributed by atoms with Crippen molar-refractivity contribution in [1.82, 2.24) is 20.1 Å². The molecule has 0 fully saturated rings. The minimum atomic E-state index is -0.0106. The van der Waals surface area contributed by atoms with Gasteiger partial charge < -0.3 is 10.1 Å². The zero-order valence-corrected chi connectivity index (χ0v) is 11.6.